The van der Waals surface area contributed by atoms with Gasteiger partial charge in [0.1, 0.15) is 6.61 Å². The maximum absolute atomic E-state index is 12.2. The molecule has 1 aliphatic heterocycles. The zero-order valence-electron chi connectivity index (χ0n) is 13.0. The number of hydrogen-bond donors (Lipinski definition) is 0. The highest BCUT2D eigenvalue weighted by Gasteiger charge is 2.34. The lowest BCUT2D eigenvalue weighted by Crippen LogP contribution is -2.33. The number of ether oxygens (including phenoxy) is 1. The molecule has 25 heavy (non-hydrogen) atoms. The van der Waals surface area contributed by atoms with Crippen molar-refractivity contribution in [1.29, 1.82) is 0 Å². The van der Waals surface area contributed by atoms with Crippen LogP contribution in [0.5, 0.6) is 0 Å². The second-order valence-electron chi connectivity index (χ2n) is 5.47. The Morgan fingerprint density at radius 1 is 1.12 bits per heavy atom. The molecule has 124 valence electrons. The first kappa shape index (κ1) is 15.5. The highest BCUT2D eigenvalue weighted by Crippen LogP contribution is 2.22. The first-order valence-electron chi connectivity index (χ1n) is 7.61. The average molecular weight is 352 g/mol. The van der Waals surface area contributed by atoms with E-state index in [1.165, 1.54) is 17.5 Å². The van der Waals surface area contributed by atoms with E-state index in [4.69, 9.17) is 4.74 Å². The lowest BCUT2D eigenvalue weighted by Gasteiger charge is -2.13. The number of thiophene rings is 1. The van der Waals surface area contributed by atoms with E-state index in [0.717, 1.165) is 15.1 Å². The fourth-order valence-corrected chi connectivity index (χ4v) is 3.49. The molecule has 0 spiro atoms. The number of amides is 2. The molecular weight excluding hydrogens is 340 g/mol. The Kier molecular flexibility index (Phi) is 3.77. The minimum atomic E-state index is -0.528. The molecule has 0 N–H and O–H groups in total. The van der Waals surface area contributed by atoms with E-state index >= 15 is 0 Å². The zero-order valence-corrected chi connectivity index (χ0v) is 13.8. The number of carbonyl (C=O) groups excluding carboxylic acids is 3. The third kappa shape index (κ3) is 2.68. The molecule has 0 unspecified atom stereocenters. The summed E-state index contributed by atoms with van der Waals surface area (Å²) < 4.78 is 6.09. The van der Waals surface area contributed by atoms with E-state index in [-0.39, 0.29) is 25.0 Å². The number of fused-ring (bicyclic) bond motifs is 2. The molecule has 3 aromatic rings. The largest absolute Gasteiger partial charge is 0.460 e. The van der Waals surface area contributed by atoms with Crippen molar-refractivity contribution in [3.05, 3.63) is 64.7 Å². The first-order valence-corrected chi connectivity index (χ1v) is 8.49. The molecule has 0 aliphatic carbocycles. The average Bonchev–Trinajstić information content (AvgIpc) is 3.20. The van der Waals surface area contributed by atoms with Crippen molar-refractivity contribution in [1.82, 2.24) is 9.88 Å². The Morgan fingerprint density at radius 3 is 2.56 bits per heavy atom. The molecule has 0 saturated carbocycles. The first-order chi connectivity index (χ1) is 12.1. The second-order valence-corrected chi connectivity index (χ2v) is 6.42. The number of carbonyl (C=O) groups is 3. The van der Waals surface area contributed by atoms with Crippen LogP contribution in [-0.4, -0.2) is 40.8 Å². The molecule has 0 fully saturated rings. The Bertz CT molecular complexity index is 976. The summed E-state index contributed by atoms with van der Waals surface area (Å²) in [5.74, 6) is -1.25. The summed E-state index contributed by atoms with van der Waals surface area (Å²) in [7, 11) is 0. The van der Waals surface area contributed by atoms with Gasteiger partial charge in [0.05, 0.1) is 33.5 Å². The fraction of sp³-hybridized carbons (Fsp3) is 0.111. The van der Waals surface area contributed by atoms with E-state index < -0.39 is 5.97 Å². The summed E-state index contributed by atoms with van der Waals surface area (Å²) in [6.45, 7) is -0.0421. The molecule has 7 heteroatoms. The van der Waals surface area contributed by atoms with Crippen molar-refractivity contribution < 1.29 is 19.1 Å². The molecule has 0 bridgehead atoms. The van der Waals surface area contributed by atoms with Crippen molar-refractivity contribution in [3.8, 4) is 0 Å². The van der Waals surface area contributed by atoms with Gasteiger partial charge in [-0.2, -0.15) is 0 Å². The van der Waals surface area contributed by atoms with E-state index in [0.29, 0.717) is 16.7 Å². The second kappa shape index (κ2) is 6.10. The monoisotopic (exact) mass is 352 g/mol. The number of benzene rings is 1. The van der Waals surface area contributed by atoms with Crippen molar-refractivity contribution in [2.75, 3.05) is 13.2 Å². The van der Waals surface area contributed by atoms with Gasteiger partial charge in [-0.25, -0.2) is 4.79 Å². The van der Waals surface area contributed by atoms with Crippen LogP contribution in [0.4, 0.5) is 0 Å². The zero-order chi connectivity index (χ0) is 17.4. The molecule has 4 rings (SSSR count). The van der Waals surface area contributed by atoms with Crippen LogP contribution in [0.1, 0.15) is 31.1 Å². The molecule has 0 saturated heterocycles. The van der Waals surface area contributed by atoms with E-state index in [1.807, 2.05) is 11.4 Å². The van der Waals surface area contributed by atoms with Gasteiger partial charge in [0.15, 0.2) is 0 Å². The lowest BCUT2D eigenvalue weighted by molar-refractivity contribution is 0.0420. The van der Waals surface area contributed by atoms with Crippen molar-refractivity contribution in [2.24, 2.45) is 0 Å². The number of rotatable bonds is 4. The van der Waals surface area contributed by atoms with Crippen LogP contribution in [0.3, 0.4) is 0 Å². The van der Waals surface area contributed by atoms with Gasteiger partial charge in [0.25, 0.3) is 11.8 Å². The maximum atomic E-state index is 12.2. The number of imide groups is 1. The molecular formula is C18H12N2O4S. The minimum absolute atomic E-state index is 0.0206. The van der Waals surface area contributed by atoms with Gasteiger partial charge in [0, 0.05) is 6.20 Å². The summed E-state index contributed by atoms with van der Waals surface area (Å²) in [6.07, 6.45) is 1.46. The third-order valence-electron chi connectivity index (χ3n) is 3.96. The number of esters is 1. The Labute approximate surface area is 146 Å². The van der Waals surface area contributed by atoms with Gasteiger partial charge in [-0.15, -0.1) is 11.3 Å². The maximum Gasteiger partial charge on any atom is 0.339 e. The number of nitrogens with zero attached hydrogens (tertiary/aromatic N) is 2. The highest BCUT2D eigenvalue weighted by molar-refractivity contribution is 7.17. The highest BCUT2D eigenvalue weighted by atomic mass is 32.1. The Morgan fingerprint density at radius 2 is 1.84 bits per heavy atom. The van der Waals surface area contributed by atoms with Crippen LogP contribution < -0.4 is 0 Å². The van der Waals surface area contributed by atoms with Gasteiger partial charge in [-0.05, 0) is 29.6 Å². The minimum Gasteiger partial charge on any atom is -0.460 e. The molecule has 0 radical (unpaired) electrons. The van der Waals surface area contributed by atoms with Gasteiger partial charge < -0.3 is 4.74 Å². The lowest BCUT2D eigenvalue weighted by atomic mass is 10.1. The van der Waals surface area contributed by atoms with Crippen LogP contribution in [0.2, 0.25) is 0 Å². The van der Waals surface area contributed by atoms with E-state index in [1.54, 1.807) is 30.3 Å². The summed E-state index contributed by atoms with van der Waals surface area (Å²) in [6, 6.07) is 10.2. The molecule has 3 heterocycles. The molecule has 6 nitrogen and oxygen atoms in total. The van der Waals surface area contributed by atoms with Crippen molar-refractivity contribution in [3.63, 3.8) is 0 Å². The topological polar surface area (TPSA) is 76.6 Å². The van der Waals surface area contributed by atoms with E-state index in [2.05, 4.69) is 4.98 Å². The summed E-state index contributed by atoms with van der Waals surface area (Å²) in [5, 5.41) is 1.90. The summed E-state index contributed by atoms with van der Waals surface area (Å²) in [4.78, 5) is 41.9. The standard InChI is InChI=1S/C18H12N2O4S/c21-16-12-3-1-2-4-13(12)17(22)20(16)6-7-24-18(23)11-9-15-14(19-10-11)5-8-25-15/h1-5,8-10H,6-7H2. The molecule has 1 aromatic carbocycles. The van der Waals surface area contributed by atoms with Crippen LogP contribution in [0, 0.1) is 0 Å². The third-order valence-corrected chi connectivity index (χ3v) is 4.82. The van der Waals surface area contributed by atoms with Crippen molar-refractivity contribution in [2.45, 2.75) is 0 Å². The smallest absolute Gasteiger partial charge is 0.339 e. The van der Waals surface area contributed by atoms with Gasteiger partial charge in [0.2, 0.25) is 0 Å². The van der Waals surface area contributed by atoms with Gasteiger partial charge >= 0.3 is 5.97 Å². The van der Waals surface area contributed by atoms with Gasteiger partial charge in [-0.1, -0.05) is 12.1 Å². The summed E-state index contributed by atoms with van der Waals surface area (Å²) in [5.41, 5.74) is 1.93. The molecule has 1 aliphatic rings. The van der Waals surface area contributed by atoms with Crippen LogP contribution in [0.15, 0.2) is 48.0 Å². The number of aromatic nitrogens is 1. The van der Waals surface area contributed by atoms with Crippen LogP contribution >= 0.6 is 11.3 Å². The van der Waals surface area contributed by atoms with E-state index in [9.17, 15) is 14.4 Å². The normalized spacial score (nSPS) is 13.4. The van der Waals surface area contributed by atoms with Crippen LogP contribution in [-0.2, 0) is 4.74 Å². The summed E-state index contributed by atoms with van der Waals surface area (Å²) >= 11 is 1.49. The quantitative estimate of drug-likeness (QED) is 0.533. The predicted molar refractivity (Wildman–Crippen MR) is 91.7 cm³/mol. The SMILES string of the molecule is O=C(OCCN1C(=O)c2ccccc2C1=O)c1cnc2ccsc2c1. The Hall–Kier alpha value is -3.06. The molecule has 2 amide bonds. The molecule has 0 atom stereocenters. The fourth-order valence-electron chi connectivity index (χ4n) is 2.71. The van der Waals surface area contributed by atoms with Crippen LogP contribution in [0.25, 0.3) is 10.2 Å². The number of pyridine rings is 1. The molecule has 2 aromatic heterocycles. The number of hydrogen-bond acceptors (Lipinski definition) is 6. The van der Waals surface area contributed by atoms with Gasteiger partial charge in [-0.3, -0.25) is 19.5 Å². The van der Waals surface area contributed by atoms with Crippen molar-refractivity contribution >= 4 is 39.3 Å². The predicted octanol–water partition coefficient (Wildman–Crippen LogP) is 2.75. The Balaban J connectivity index is 1.40.